The lowest BCUT2D eigenvalue weighted by Crippen LogP contribution is -2.16. The summed E-state index contributed by atoms with van der Waals surface area (Å²) < 4.78 is 13.2. The predicted octanol–water partition coefficient (Wildman–Crippen LogP) is 20.1. The third kappa shape index (κ3) is 10.5. The molecule has 94 heavy (non-hydrogen) atoms. The van der Waals surface area contributed by atoms with Crippen molar-refractivity contribution < 1.29 is 9.47 Å². The maximum Gasteiger partial charge on any atom is 0.201 e. The SMILES string of the molecule is c1ccc(-c2cccc(-c3nc(-c4ccccc4)nc(-c4ccc(N5c6ccccc6Oc6c(-c7ccc(-c8cc(-c9ccccc9)nc(-c9nc(-c%10ccccc%10)nc(-c%10ccc(N%11c%12ccccc%12Oc%12ccccc%12%11)cc%10)n9)n8)cc7)cccc65)cc4)n3)n2)cc1. The minimum absolute atomic E-state index is 0.336. The summed E-state index contributed by atoms with van der Waals surface area (Å²) >= 11 is 0. The van der Waals surface area contributed by atoms with Gasteiger partial charge in [-0.05, 0) is 115 Å². The van der Waals surface area contributed by atoms with Gasteiger partial charge in [0, 0.05) is 55.9 Å². The molecule has 13 heteroatoms. The maximum atomic E-state index is 6.92. The van der Waals surface area contributed by atoms with Gasteiger partial charge < -0.3 is 19.3 Å². The van der Waals surface area contributed by atoms with E-state index >= 15 is 0 Å². The average Bonchev–Trinajstić information content (AvgIpc) is 0.768. The van der Waals surface area contributed by atoms with Crippen molar-refractivity contribution >= 4 is 34.1 Å². The molecule has 15 aromatic rings. The van der Waals surface area contributed by atoms with Crippen molar-refractivity contribution in [1.82, 2.24) is 44.9 Å². The number of rotatable bonds is 12. The Kier molecular flexibility index (Phi) is 13.8. The number of ether oxygens (including phenoxy) is 2. The lowest BCUT2D eigenvalue weighted by atomic mass is 9.99. The van der Waals surface area contributed by atoms with Crippen LogP contribution in [0.4, 0.5) is 34.1 Å². The quantitative estimate of drug-likeness (QED) is 0.115. The van der Waals surface area contributed by atoms with E-state index in [1.54, 1.807) is 0 Å². The maximum absolute atomic E-state index is 6.92. The molecule has 0 saturated carbocycles. The van der Waals surface area contributed by atoms with Crippen LogP contribution in [0.2, 0.25) is 0 Å². The molecule has 0 bridgehead atoms. The summed E-state index contributed by atoms with van der Waals surface area (Å²) in [6.07, 6.45) is 0. The number of para-hydroxylation sites is 7. The van der Waals surface area contributed by atoms with E-state index in [1.165, 1.54) is 0 Å². The van der Waals surface area contributed by atoms with Crippen LogP contribution in [0.25, 0.3) is 114 Å². The van der Waals surface area contributed by atoms with Gasteiger partial charge >= 0.3 is 0 Å². The molecular formula is C81H51N11O2. The first-order chi connectivity index (χ1) is 46.5. The molecule has 11 aromatic carbocycles. The number of anilines is 6. The van der Waals surface area contributed by atoms with Gasteiger partial charge in [0.25, 0.3) is 0 Å². The smallest absolute Gasteiger partial charge is 0.201 e. The molecule has 4 aromatic heterocycles. The number of pyridine rings is 1. The van der Waals surface area contributed by atoms with Gasteiger partial charge in [-0.15, -0.1) is 0 Å². The first-order valence-electron chi connectivity index (χ1n) is 30.8. The molecule has 0 radical (unpaired) electrons. The predicted molar refractivity (Wildman–Crippen MR) is 370 cm³/mol. The molecule has 0 saturated heterocycles. The van der Waals surface area contributed by atoms with E-state index in [2.05, 4.69) is 107 Å². The molecule has 0 spiro atoms. The highest BCUT2D eigenvalue weighted by molar-refractivity contribution is 5.92. The minimum atomic E-state index is 0.336. The van der Waals surface area contributed by atoms with Crippen LogP contribution in [0, 0.1) is 0 Å². The summed E-state index contributed by atoms with van der Waals surface area (Å²) in [5.74, 6) is 6.25. The monoisotopic (exact) mass is 1210 g/mol. The van der Waals surface area contributed by atoms with E-state index in [-0.39, 0.29) is 0 Å². The molecule has 2 aliphatic heterocycles. The Morgan fingerprint density at radius 3 is 1.05 bits per heavy atom. The molecule has 17 rings (SSSR count). The Morgan fingerprint density at radius 2 is 0.543 bits per heavy atom. The molecule has 2 aliphatic rings. The molecule has 0 fully saturated rings. The Hall–Kier alpha value is -13.1. The first kappa shape index (κ1) is 55.0. The van der Waals surface area contributed by atoms with Gasteiger partial charge in [-0.3, -0.25) is 0 Å². The third-order valence-corrected chi connectivity index (χ3v) is 16.6. The van der Waals surface area contributed by atoms with Crippen molar-refractivity contribution in [3.05, 3.63) is 309 Å². The molecule has 0 unspecified atom stereocenters. The fourth-order valence-electron chi connectivity index (χ4n) is 12.0. The van der Waals surface area contributed by atoms with Crippen LogP contribution in [0.3, 0.4) is 0 Å². The summed E-state index contributed by atoms with van der Waals surface area (Å²) in [6.45, 7) is 0. The van der Waals surface area contributed by atoms with Crippen molar-refractivity contribution in [1.29, 1.82) is 0 Å². The van der Waals surface area contributed by atoms with Crippen molar-refractivity contribution in [3.63, 3.8) is 0 Å². The molecule has 0 amide bonds. The van der Waals surface area contributed by atoms with E-state index in [1.807, 2.05) is 212 Å². The number of hydrogen-bond acceptors (Lipinski definition) is 13. The largest absolute Gasteiger partial charge is 0.453 e. The van der Waals surface area contributed by atoms with Gasteiger partial charge in [-0.25, -0.2) is 44.9 Å². The Balaban J connectivity index is 0.710. The summed E-state index contributed by atoms with van der Waals surface area (Å²) in [6, 6.07) is 104. The fourth-order valence-corrected chi connectivity index (χ4v) is 12.0. The summed E-state index contributed by atoms with van der Waals surface area (Å²) in [5, 5.41) is 0. The van der Waals surface area contributed by atoms with Crippen molar-refractivity contribution in [3.8, 4) is 137 Å². The number of fused-ring (bicyclic) bond motifs is 4. The van der Waals surface area contributed by atoms with Gasteiger partial charge in [-0.2, -0.15) is 0 Å². The molecule has 6 heterocycles. The first-order valence-corrected chi connectivity index (χ1v) is 30.8. The van der Waals surface area contributed by atoms with Gasteiger partial charge in [0.2, 0.25) is 5.82 Å². The molecule has 442 valence electrons. The normalized spacial score (nSPS) is 12.0. The van der Waals surface area contributed by atoms with Crippen molar-refractivity contribution in [2.75, 3.05) is 9.80 Å². The van der Waals surface area contributed by atoms with Crippen LogP contribution >= 0.6 is 0 Å². The Bertz CT molecular complexity index is 5270. The molecular weight excluding hydrogens is 1160 g/mol. The van der Waals surface area contributed by atoms with Crippen molar-refractivity contribution in [2.24, 2.45) is 0 Å². The Morgan fingerprint density at radius 1 is 0.202 bits per heavy atom. The van der Waals surface area contributed by atoms with E-state index < -0.39 is 0 Å². The van der Waals surface area contributed by atoms with E-state index in [4.69, 9.17) is 54.3 Å². The van der Waals surface area contributed by atoms with Crippen LogP contribution in [-0.2, 0) is 0 Å². The lowest BCUT2D eigenvalue weighted by molar-refractivity contribution is 0.477. The highest BCUT2D eigenvalue weighted by Gasteiger charge is 2.30. The average molecular weight is 1210 g/mol. The standard InChI is InChI=1S/C81H51N11O2/c1-5-21-53(22-6-1)63-30-20-31-64(82-63)79-87-75(56-25-9-3-10-26-56)85-77(88-79)58-45-49-61(50-46-58)92-69-34-15-18-38-73(69)94-74-62(29-19-35-70(74)92)52-39-41-55(42-40-52)66-51-65(54-23-7-2-8-24-54)83-80(84-66)81-89-76(57-27-11-4-12-28-57)86-78(90-81)59-43-47-60(48-44-59)91-67-32-13-16-36-71(67)93-72-37-17-14-33-68(72)91/h1-51H. The zero-order chi connectivity index (χ0) is 62.3. The third-order valence-electron chi connectivity index (χ3n) is 16.6. The van der Waals surface area contributed by atoms with Gasteiger partial charge in [-0.1, -0.05) is 200 Å². The van der Waals surface area contributed by atoms with Crippen LogP contribution in [0.1, 0.15) is 0 Å². The van der Waals surface area contributed by atoms with E-state index in [9.17, 15) is 0 Å². The summed E-state index contributed by atoms with van der Waals surface area (Å²) in [5.41, 5.74) is 16.5. The van der Waals surface area contributed by atoms with Gasteiger partial charge in [0.05, 0.1) is 39.8 Å². The molecule has 0 N–H and O–H groups in total. The number of nitrogens with zero attached hydrogens (tertiary/aromatic N) is 11. The van der Waals surface area contributed by atoms with Crippen LogP contribution in [-0.4, -0.2) is 44.9 Å². The Labute approximate surface area is 541 Å². The summed E-state index contributed by atoms with van der Waals surface area (Å²) in [7, 11) is 0. The van der Waals surface area contributed by atoms with E-state index in [0.29, 0.717) is 52.2 Å². The van der Waals surface area contributed by atoms with Gasteiger partial charge in [0.15, 0.2) is 57.9 Å². The van der Waals surface area contributed by atoms with Gasteiger partial charge in [0.1, 0.15) is 5.69 Å². The zero-order valence-corrected chi connectivity index (χ0v) is 50.2. The topological polar surface area (TPSA) is 141 Å². The fraction of sp³-hybridized carbons (Fsp3) is 0. The highest BCUT2D eigenvalue weighted by Crippen LogP contribution is 2.54. The number of aromatic nitrogens is 9. The highest BCUT2D eigenvalue weighted by atomic mass is 16.5. The van der Waals surface area contributed by atoms with Crippen molar-refractivity contribution in [2.45, 2.75) is 0 Å². The molecule has 13 nitrogen and oxygen atoms in total. The number of hydrogen-bond donors (Lipinski definition) is 0. The second kappa shape index (κ2) is 23.7. The molecule has 0 aliphatic carbocycles. The zero-order valence-electron chi connectivity index (χ0n) is 50.2. The van der Waals surface area contributed by atoms with Crippen LogP contribution in [0.15, 0.2) is 309 Å². The second-order valence-corrected chi connectivity index (χ2v) is 22.5. The van der Waals surface area contributed by atoms with Crippen LogP contribution < -0.4 is 19.3 Å². The minimum Gasteiger partial charge on any atom is -0.453 e. The summed E-state index contributed by atoms with van der Waals surface area (Å²) in [4.78, 5) is 50.4. The second-order valence-electron chi connectivity index (χ2n) is 22.5. The lowest BCUT2D eigenvalue weighted by Gasteiger charge is -2.34. The molecule has 0 atom stereocenters. The number of benzene rings is 11. The van der Waals surface area contributed by atoms with E-state index in [0.717, 1.165) is 119 Å². The van der Waals surface area contributed by atoms with Crippen LogP contribution in [0.5, 0.6) is 23.0 Å².